The van der Waals surface area contributed by atoms with E-state index in [-0.39, 0.29) is 17.7 Å². The van der Waals surface area contributed by atoms with E-state index < -0.39 is 0 Å². The van der Waals surface area contributed by atoms with E-state index in [0.29, 0.717) is 30.2 Å². The molecule has 1 N–H and O–H groups in total. The van der Waals surface area contributed by atoms with Crippen LogP contribution in [0.25, 0.3) is 0 Å². The van der Waals surface area contributed by atoms with Crippen LogP contribution in [-0.2, 0) is 11.3 Å². The summed E-state index contributed by atoms with van der Waals surface area (Å²) in [5.41, 5.74) is 0.610. The number of amides is 2. The minimum atomic E-state index is -0.144. The molecule has 2 heterocycles. The lowest BCUT2D eigenvalue weighted by atomic mass is 9.96. The number of carbonyl (C=O) groups is 2. The quantitative estimate of drug-likeness (QED) is 0.903. The molecule has 0 bridgehead atoms. The second-order valence-corrected chi connectivity index (χ2v) is 7.36. The molecule has 1 aromatic carbocycles. The number of hydrogen-bond donors (Lipinski definition) is 1. The van der Waals surface area contributed by atoms with Crippen molar-refractivity contribution in [2.24, 2.45) is 5.92 Å². The van der Waals surface area contributed by atoms with Crippen molar-refractivity contribution in [1.82, 2.24) is 10.2 Å². The van der Waals surface area contributed by atoms with Gasteiger partial charge in [-0.15, -0.1) is 11.3 Å². The van der Waals surface area contributed by atoms with Gasteiger partial charge in [-0.25, -0.2) is 0 Å². The van der Waals surface area contributed by atoms with Crippen LogP contribution in [0.2, 0.25) is 5.02 Å². The second kappa shape index (κ2) is 7.81. The van der Waals surface area contributed by atoms with Crippen LogP contribution in [0.5, 0.6) is 0 Å². The van der Waals surface area contributed by atoms with Gasteiger partial charge in [0, 0.05) is 28.6 Å². The van der Waals surface area contributed by atoms with Crippen LogP contribution >= 0.6 is 22.9 Å². The molecule has 0 aliphatic carbocycles. The largest absolute Gasteiger partial charge is 0.351 e. The molecule has 0 radical (unpaired) electrons. The van der Waals surface area contributed by atoms with Crippen LogP contribution in [0.3, 0.4) is 0 Å². The number of halogens is 1. The number of nitrogens with one attached hydrogen (secondary N) is 1. The van der Waals surface area contributed by atoms with Crippen LogP contribution in [-0.4, -0.2) is 29.8 Å². The van der Waals surface area contributed by atoms with Gasteiger partial charge in [-0.05, 0) is 48.6 Å². The topological polar surface area (TPSA) is 49.4 Å². The smallest absolute Gasteiger partial charge is 0.253 e. The first-order valence-electron chi connectivity index (χ1n) is 7.98. The zero-order chi connectivity index (χ0) is 16.9. The second-order valence-electron chi connectivity index (χ2n) is 5.89. The highest BCUT2D eigenvalue weighted by Crippen LogP contribution is 2.20. The highest BCUT2D eigenvalue weighted by atomic mass is 35.5. The number of thiophene rings is 1. The molecule has 0 saturated carbocycles. The van der Waals surface area contributed by atoms with Crippen LogP contribution in [0.15, 0.2) is 41.8 Å². The maximum atomic E-state index is 12.6. The molecule has 2 amide bonds. The van der Waals surface area contributed by atoms with E-state index in [4.69, 9.17) is 11.6 Å². The minimum absolute atomic E-state index is 0.0250. The summed E-state index contributed by atoms with van der Waals surface area (Å²) in [5.74, 6) is -0.158. The average Bonchev–Trinajstić information content (AvgIpc) is 3.13. The Morgan fingerprint density at radius 2 is 2.04 bits per heavy atom. The molecule has 1 unspecified atom stereocenters. The summed E-state index contributed by atoms with van der Waals surface area (Å²) in [6.07, 6.45) is 1.66. The number of carbonyl (C=O) groups excluding carboxylic acids is 2. The monoisotopic (exact) mass is 362 g/mol. The van der Waals surface area contributed by atoms with Gasteiger partial charge < -0.3 is 10.2 Å². The molecule has 1 atom stereocenters. The van der Waals surface area contributed by atoms with Crippen molar-refractivity contribution in [2.45, 2.75) is 19.4 Å². The molecule has 126 valence electrons. The summed E-state index contributed by atoms with van der Waals surface area (Å²) in [5, 5.41) is 5.58. The van der Waals surface area contributed by atoms with Crippen LogP contribution in [0.1, 0.15) is 28.1 Å². The van der Waals surface area contributed by atoms with Crippen molar-refractivity contribution in [3.63, 3.8) is 0 Å². The third-order valence-corrected chi connectivity index (χ3v) is 5.32. The fourth-order valence-electron chi connectivity index (χ4n) is 2.88. The number of likely N-dealkylation sites (tertiary alicyclic amines) is 1. The number of rotatable bonds is 4. The minimum Gasteiger partial charge on any atom is -0.351 e. The number of piperidine rings is 1. The van der Waals surface area contributed by atoms with Gasteiger partial charge in [0.05, 0.1) is 12.5 Å². The van der Waals surface area contributed by atoms with Gasteiger partial charge in [-0.1, -0.05) is 17.7 Å². The molecule has 24 heavy (non-hydrogen) atoms. The molecule has 1 aliphatic rings. The molecule has 1 fully saturated rings. The van der Waals surface area contributed by atoms with Crippen molar-refractivity contribution in [1.29, 1.82) is 0 Å². The van der Waals surface area contributed by atoms with Gasteiger partial charge in [-0.2, -0.15) is 0 Å². The van der Waals surface area contributed by atoms with Crippen molar-refractivity contribution in [3.8, 4) is 0 Å². The number of benzene rings is 1. The molecule has 0 spiro atoms. The highest BCUT2D eigenvalue weighted by molar-refractivity contribution is 7.09. The lowest BCUT2D eigenvalue weighted by Gasteiger charge is -2.32. The van der Waals surface area contributed by atoms with Gasteiger partial charge in [0.15, 0.2) is 0 Å². The molecule has 1 aromatic heterocycles. The zero-order valence-corrected chi connectivity index (χ0v) is 14.8. The Kier molecular flexibility index (Phi) is 5.53. The Bertz CT molecular complexity index is 700. The van der Waals surface area contributed by atoms with Crippen LogP contribution in [0.4, 0.5) is 0 Å². The van der Waals surface area contributed by atoms with E-state index in [2.05, 4.69) is 5.32 Å². The normalized spacial score (nSPS) is 17.5. The fourth-order valence-corrected chi connectivity index (χ4v) is 3.65. The lowest BCUT2D eigenvalue weighted by Crippen LogP contribution is -2.45. The van der Waals surface area contributed by atoms with E-state index in [1.54, 1.807) is 40.5 Å². The summed E-state index contributed by atoms with van der Waals surface area (Å²) < 4.78 is 0. The molecule has 4 nitrogen and oxygen atoms in total. The summed E-state index contributed by atoms with van der Waals surface area (Å²) in [6, 6.07) is 10.9. The van der Waals surface area contributed by atoms with Gasteiger partial charge >= 0.3 is 0 Å². The zero-order valence-electron chi connectivity index (χ0n) is 13.2. The Morgan fingerprint density at radius 3 is 2.75 bits per heavy atom. The van der Waals surface area contributed by atoms with E-state index >= 15 is 0 Å². The molecular formula is C18H19ClN2O2S. The first kappa shape index (κ1) is 17.0. The number of hydrogen-bond acceptors (Lipinski definition) is 3. The Labute approximate surface area is 150 Å². The Hall–Kier alpha value is -1.85. The summed E-state index contributed by atoms with van der Waals surface area (Å²) in [4.78, 5) is 27.9. The van der Waals surface area contributed by atoms with E-state index in [9.17, 15) is 9.59 Å². The molecule has 1 aliphatic heterocycles. The van der Waals surface area contributed by atoms with Crippen molar-refractivity contribution in [3.05, 3.63) is 57.2 Å². The van der Waals surface area contributed by atoms with E-state index in [1.165, 1.54) is 0 Å². The first-order valence-corrected chi connectivity index (χ1v) is 9.24. The summed E-state index contributed by atoms with van der Waals surface area (Å²) in [7, 11) is 0. The summed E-state index contributed by atoms with van der Waals surface area (Å²) >= 11 is 7.49. The first-order chi connectivity index (χ1) is 11.6. The lowest BCUT2D eigenvalue weighted by molar-refractivity contribution is -0.126. The van der Waals surface area contributed by atoms with Crippen LogP contribution < -0.4 is 5.32 Å². The maximum Gasteiger partial charge on any atom is 0.253 e. The standard InChI is InChI=1S/C18H19ClN2O2S/c19-15-7-5-13(6-8-15)18(23)21-9-1-3-14(12-21)17(22)20-11-16-4-2-10-24-16/h2,4-8,10,14H,1,3,9,11-12H2,(H,20,22). The van der Waals surface area contributed by atoms with Gasteiger partial charge in [0.25, 0.3) is 5.91 Å². The van der Waals surface area contributed by atoms with Gasteiger partial charge in [0.1, 0.15) is 0 Å². The Balaban J connectivity index is 1.58. The maximum absolute atomic E-state index is 12.6. The van der Waals surface area contributed by atoms with E-state index in [1.807, 2.05) is 17.5 Å². The molecular weight excluding hydrogens is 344 g/mol. The third-order valence-electron chi connectivity index (χ3n) is 4.19. The van der Waals surface area contributed by atoms with Crippen molar-refractivity contribution >= 4 is 34.8 Å². The van der Waals surface area contributed by atoms with E-state index in [0.717, 1.165) is 17.7 Å². The predicted molar refractivity (Wildman–Crippen MR) is 96.2 cm³/mol. The molecule has 6 heteroatoms. The predicted octanol–water partition coefficient (Wildman–Crippen LogP) is 3.57. The molecule has 3 rings (SSSR count). The van der Waals surface area contributed by atoms with Crippen molar-refractivity contribution < 1.29 is 9.59 Å². The SMILES string of the molecule is O=C(NCc1cccs1)C1CCCN(C(=O)c2ccc(Cl)cc2)C1. The summed E-state index contributed by atoms with van der Waals surface area (Å²) in [6.45, 7) is 1.71. The highest BCUT2D eigenvalue weighted by Gasteiger charge is 2.28. The van der Waals surface area contributed by atoms with Gasteiger partial charge in [-0.3, -0.25) is 9.59 Å². The molecule has 1 saturated heterocycles. The van der Waals surface area contributed by atoms with Crippen molar-refractivity contribution in [2.75, 3.05) is 13.1 Å². The van der Waals surface area contributed by atoms with Gasteiger partial charge in [0.2, 0.25) is 5.91 Å². The fraction of sp³-hybridized carbons (Fsp3) is 0.333. The third kappa shape index (κ3) is 4.16. The average molecular weight is 363 g/mol. The number of nitrogens with zero attached hydrogens (tertiary/aromatic N) is 1. The molecule has 2 aromatic rings. The van der Waals surface area contributed by atoms with Crippen LogP contribution in [0, 0.1) is 5.92 Å². The Morgan fingerprint density at radius 1 is 1.25 bits per heavy atom.